The molecule has 2 aromatic heterocycles. The third-order valence-electron chi connectivity index (χ3n) is 5.28. The van der Waals surface area contributed by atoms with Crippen molar-refractivity contribution in [3.8, 4) is 29.7 Å². The third-order valence-corrected chi connectivity index (χ3v) is 5.77. The van der Waals surface area contributed by atoms with E-state index in [2.05, 4.69) is 31.9 Å². The molecule has 0 atom stereocenters. The van der Waals surface area contributed by atoms with Gasteiger partial charge in [0.2, 0.25) is 5.82 Å². The molecule has 0 unspecified atom stereocenters. The average molecular weight is 543 g/mol. The van der Waals surface area contributed by atoms with Gasteiger partial charge in [-0.15, -0.1) is 6.42 Å². The highest BCUT2D eigenvalue weighted by atomic mass is 79.9. The van der Waals surface area contributed by atoms with E-state index in [1.165, 1.54) is 24.4 Å². The number of halogens is 1. The largest absolute Gasteiger partial charge is 0.480 e. The number of nitro benzene ring substituents is 1. The monoisotopic (exact) mass is 542 g/mol. The van der Waals surface area contributed by atoms with E-state index in [0.717, 1.165) is 14.5 Å². The van der Waals surface area contributed by atoms with Crippen molar-refractivity contribution in [3.05, 3.63) is 97.2 Å². The second-order valence-electron chi connectivity index (χ2n) is 7.58. The predicted octanol–water partition coefficient (Wildman–Crippen LogP) is 5.37. The fourth-order valence-electron chi connectivity index (χ4n) is 3.64. The molecule has 0 saturated carbocycles. The van der Waals surface area contributed by atoms with Gasteiger partial charge in [0.25, 0.3) is 11.2 Å². The SMILES string of the molecule is C#CCOc1ccc([N+](=O)[O-])cc1C=Nn1c(-c2cc3cc(Br)ccc3o2)nc2ccccc2c1=O. The molecule has 0 N–H and O–H groups in total. The maximum atomic E-state index is 13.4. The van der Waals surface area contributed by atoms with E-state index in [1.54, 1.807) is 36.4 Å². The van der Waals surface area contributed by atoms with Crippen LogP contribution >= 0.6 is 15.9 Å². The van der Waals surface area contributed by atoms with Crippen LogP contribution in [0.1, 0.15) is 5.56 Å². The molecule has 10 heteroatoms. The number of ether oxygens (including phenoxy) is 1. The highest BCUT2D eigenvalue weighted by molar-refractivity contribution is 9.10. The molecule has 0 aliphatic carbocycles. The summed E-state index contributed by atoms with van der Waals surface area (Å²) in [6.45, 7) is -0.0457. The molecule has 0 fully saturated rings. The second-order valence-corrected chi connectivity index (χ2v) is 8.49. The number of furan rings is 1. The Bertz CT molecular complexity index is 1780. The number of fused-ring (bicyclic) bond motifs is 2. The number of non-ortho nitro benzene ring substituents is 1. The van der Waals surface area contributed by atoms with Crippen molar-refractivity contribution < 1.29 is 14.1 Å². The Kier molecular flexibility index (Phi) is 6.06. The molecule has 5 aromatic rings. The number of hydrogen-bond acceptors (Lipinski definition) is 7. The highest BCUT2D eigenvalue weighted by Crippen LogP contribution is 2.29. The van der Waals surface area contributed by atoms with Crippen LogP contribution in [-0.4, -0.2) is 27.4 Å². The van der Waals surface area contributed by atoms with E-state index >= 15 is 0 Å². The molecule has 0 aliphatic heterocycles. The lowest BCUT2D eigenvalue weighted by atomic mass is 10.2. The Hall–Kier alpha value is -4.75. The summed E-state index contributed by atoms with van der Waals surface area (Å²) in [5.41, 5.74) is 0.731. The van der Waals surface area contributed by atoms with Crippen LogP contribution in [-0.2, 0) is 0 Å². The van der Waals surface area contributed by atoms with Gasteiger partial charge in [0.05, 0.1) is 22.0 Å². The summed E-state index contributed by atoms with van der Waals surface area (Å²) in [4.78, 5) is 28.8. The summed E-state index contributed by atoms with van der Waals surface area (Å²) >= 11 is 3.44. The molecule has 36 heavy (non-hydrogen) atoms. The molecule has 2 heterocycles. The Morgan fingerprint density at radius 3 is 2.83 bits per heavy atom. The first kappa shape index (κ1) is 23.0. The van der Waals surface area contributed by atoms with Crippen molar-refractivity contribution in [1.29, 1.82) is 0 Å². The van der Waals surface area contributed by atoms with Gasteiger partial charge in [-0.1, -0.05) is 34.0 Å². The fourth-order valence-corrected chi connectivity index (χ4v) is 4.01. The number of para-hydroxylation sites is 1. The van der Waals surface area contributed by atoms with Crippen LogP contribution in [0.4, 0.5) is 5.69 Å². The molecule has 0 saturated heterocycles. The van der Waals surface area contributed by atoms with Crippen molar-refractivity contribution in [1.82, 2.24) is 9.66 Å². The van der Waals surface area contributed by atoms with E-state index < -0.39 is 10.5 Å². The lowest BCUT2D eigenvalue weighted by molar-refractivity contribution is -0.384. The van der Waals surface area contributed by atoms with Crippen molar-refractivity contribution in [2.24, 2.45) is 5.10 Å². The number of hydrogen-bond donors (Lipinski definition) is 0. The van der Waals surface area contributed by atoms with Crippen LogP contribution in [0, 0.1) is 22.5 Å². The Balaban J connectivity index is 1.71. The zero-order valence-electron chi connectivity index (χ0n) is 18.4. The second kappa shape index (κ2) is 9.48. The van der Waals surface area contributed by atoms with Crippen LogP contribution in [0.25, 0.3) is 33.5 Å². The molecule has 0 spiro atoms. The highest BCUT2D eigenvalue weighted by Gasteiger charge is 2.17. The number of nitro groups is 1. The van der Waals surface area contributed by atoms with Crippen LogP contribution in [0.5, 0.6) is 5.75 Å². The first-order chi connectivity index (χ1) is 17.4. The molecule has 0 amide bonds. The van der Waals surface area contributed by atoms with E-state index in [9.17, 15) is 14.9 Å². The molecular formula is C26H15BrN4O5. The Labute approximate surface area is 211 Å². The van der Waals surface area contributed by atoms with Crippen LogP contribution < -0.4 is 10.3 Å². The van der Waals surface area contributed by atoms with Gasteiger partial charge in [0.1, 0.15) is 17.9 Å². The molecule has 0 aliphatic rings. The van der Waals surface area contributed by atoms with Gasteiger partial charge < -0.3 is 9.15 Å². The maximum Gasteiger partial charge on any atom is 0.282 e. The summed E-state index contributed by atoms with van der Waals surface area (Å²) in [6.07, 6.45) is 6.57. The van der Waals surface area contributed by atoms with Crippen molar-refractivity contribution in [3.63, 3.8) is 0 Å². The standard InChI is InChI=1S/C26H15BrN4O5/c1-2-11-35-22-10-8-19(31(33)34)13-17(22)15-28-30-25(29-21-6-4-3-5-20(21)26(30)32)24-14-16-12-18(27)7-9-23(16)36-24/h1,3-10,12-15H,11H2. The number of benzene rings is 3. The summed E-state index contributed by atoms with van der Waals surface area (Å²) in [5, 5.41) is 16.8. The summed E-state index contributed by atoms with van der Waals surface area (Å²) < 4.78 is 13.4. The van der Waals surface area contributed by atoms with Crippen LogP contribution in [0.2, 0.25) is 0 Å². The number of nitrogens with zero attached hydrogens (tertiary/aromatic N) is 4. The molecular weight excluding hydrogens is 528 g/mol. The number of aromatic nitrogens is 2. The van der Waals surface area contributed by atoms with Gasteiger partial charge >= 0.3 is 0 Å². The molecule has 176 valence electrons. The smallest absolute Gasteiger partial charge is 0.282 e. The van der Waals surface area contributed by atoms with Gasteiger partial charge in [-0.25, -0.2) is 4.98 Å². The molecule has 0 bridgehead atoms. The van der Waals surface area contributed by atoms with E-state index in [-0.39, 0.29) is 29.4 Å². The zero-order valence-corrected chi connectivity index (χ0v) is 20.0. The first-order valence-electron chi connectivity index (χ1n) is 10.5. The number of rotatable bonds is 6. The van der Waals surface area contributed by atoms with Crippen molar-refractivity contribution in [2.45, 2.75) is 0 Å². The molecule has 5 rings (SSSR count). The summed E-state index contributed by atoms with van der Waals surface area (Å²) in [7, 11) is 0. The normalized spacial score (nSPS) is 11.2. The Morgan fingerprint density at radius 1 is 1.19 bits per heavy atom. The van der Waals surface area contributed by atoms with Crippen LogP contribution in [0.15, 0.2) is 85.5 Å². The minimum atomic E-state index is -0.538. The third kappa shape index (κ3) is 4.35. The zero-order chi connectivity index (χ0) is 25.2. The van der Waals surface area contributed by atoms with Gasteiger partial charge in [-0.2, -0.15) is 9.78 Å². The van der Waals surface area contributed by atoms with E-state index in [4.69, 9.17) is 15.6 Å². The van der Waals surface area contributed by atoms with Gasteiger partial charge in [0.15, 0.2) is 5.76 Å². The molecule has 9 nitrogen and oxygen atoms in total. The minimum absolute atomic E-state index is 0.0457. The van der Waals surface area contributed by atoms with E-state index in [1.807, 2.05) is 12.1 Å². The molecule has 3 aromatic carbocycles. The quantitative estimate of drug-likeness (QED) is 0.123. The average Bonchev–Trinajstić information content (AvgIpc) is 3.30. The molecule has 0 radical (unpaired) electrons. The predicted molar refractivity (Wildman–Crippen MR) is 139 cm³/mol. The van der Waals surface area contributed by atoms with Crippen molar-refractivity contribution >= 4 is 49.7 Å². The Morgan fingerprint density at radius 2 is 2.03 bits per heavy atom. The summed E-state index contributed by atoms with van der Waals surface area (Å²) in [6, 6.07) is 18.2. The minimum Gasteiger partial charge on any atom is -0.480 e. The summed E-state index contributed by atoms with van der Waals surface area (Å²) in [5.74, 6) is 3.12. The van der Waals surface area contributed by atoms with Crippen molar-refractivity contribution in [2.75, 3.05) is 6.61 Å². The lowest BCUT2D eigenvalue weighted by Crippen LogP contribution is -2.20. The topological polar surface area (TPSA) is 113 Å². The van der Waals surface area contributed by atoms with Gasteiger partial charge in [-0.3, -0.25) is 14.9 Å². The van der Waals surface area contributed by atoms with Crippen LogP contribution in [0.3, 0.4) is 0 Å². The lowest BCUT2D eigenvalue weighted by Gasteiger charge is -2.08. The fraction of sp³-hybridized carbons (Fsp3) is 0.0385. The number of terminal acetylenes is 1. The maximum absolute atomic E-state index is 13.4. The first-order valence-corrected chi connectivity index (χ1v) is 11.3. The van der Waals surface area contributed by atoms with E-state index in [0.29, 0.717) is 22.2 Å². The van der Waals surface area contributed by atoms with Gasteiger partial charge in [0, 0.05) is 27.6 Å². The van der Waals surface area contributed by atoms with Gasteiger partial charge in [-0.05, 0) is 42.5 Å².